The average Bonchev–Trinajstić information content (AvgIpc) is 2.65. The van der Waals surface area contributed by atoms with Gasteiger partial charge in [-0.3, -0.25) is 9.20 Å². The molecule has 140 valence electrons. The van der Waals surface area contributed by atoms with Gasteiger partial charge >= 0.3 is 0 Å². The molecule has 0 saturated carbocycles. The minimum Gasteiger partial charge on any atom is -0.357 e. The van der Waals surface area contributed by atoms with Crippen LogP contribution in [0.1, 0.15) is 12.5 Å². The minimum atomic E-state index is -1.10. The van der Waals surface area contributed by atoms with Crippen LogP contribution in [-0.2, 0) is 17.2 Å². The smallest absolute Gasteiger partial charge is 0.191 e. The van der Waals surface area contributed by atoms with E-state index in [1.54, 1.807) is 0 Å². The van der Waals surface area contributed by atoms with Gasteiger partial charge in [-0.1, -0.05) is 18.2 Å². The van der Waals surface area contributed by atoms with Crippen LogP contribution in [0, 0.1) is 11.6 Å². The molecule has 26 heavy (non-hydrogen) atoms. The molecular formula is C19H23F2N3OS. The number of aliphatic imine (C=N–C) groups is 1. The lowest BCUT2D eigenvalue weighted by molar-refractivity contribution is 0.583. The van der Waals surface area contributed by atoms with E-state index in [0.717, 1.165) is 17.0 Å². The first kappa shape index (κ1) is 20.0. The third kappa shape index (κ3) is 6.55. The predicted molar refractivity (Wildman–Crippen MR) is 102 cm³/mol. The van der Waals surface area contributed by atoms with Crippen molar-refractivity contribution in [2.75, 3.05) is 25.4 Å². The van der Waals surface area contributed by atoms with Crippen LogP contribution in [0.2, 0.25) is 0 Å². The Hall–Kier alpha value is -2.28. The van der Waals surface area contributed by atoms with Crippen LogP contribution in [0.4, 0.5) is 8.78 Å². The zero-order valence-corrected chi connectivity index (χ0v) is 15.5. The van der Waals surface area contributed by atoms with E-state index in [-0.39, 0.29) is 0 Å². The van der Waals surface area contributed by atoms with E-state index >= 15 is 0 Å². The fourth-order valence-corrected chi connectivity index (χ4v) is 3.28. The standard InChI is InChI=1S/C19H23F2N3OS/c1-2-22-19(23-11-10-15-14-16(20)8-9-18(15)21)24-12-13-26(25)17-6-4-3-5-7-17/h3-9,14H,2,10-13H2,1H3,(H2,22,23,24). The van der Waals surface area contributed by atoms with Crippen LogP contribution in [-0.4, -0.2) is 35.6 Å². The molecule has 7 heteroatoms. The third-order valence-corrected chi connectivity index (χ3v) is 4.94. The highest BCUT2D eigenvalue weighted by Gasteiger charge is 2.05. The van der Waals surface area contributed by atoms with Gasteiger partial charge in [0, 0.05) is 23.7 Å². The Morgan fingerprint density at radius 3 is 2.62 bits per heavy atom. The SMILES string of the molecule is CCNC(=NCCS(=O)c1ccccc1)NCCc1cc(F)ccc1F. The van der Waals surface area contributed by atoms with Crippen LogP contribution in [0.3, 0.4) is 0 Å². The van der Waals surface area contributed by atoms with Crippen molar-refractivity contribution in [1.29, 1.82) is 0 Å². The fourth-order valence-electron chi connectivity index (χ4n) is 2.32. The van der Waals surface area contributed by atoms with Crippen LogP contribution < -0.4 is 10.6 Å². The Morgan fingerprint density at radius 1 is 1.12 bits per heavy atom. The summed E-state index contributed by atoms with van der Waals surface area (Å²) in [5, 5.41) is 6.16. The molecule has 2 rings (SSSR count). The number of benzene rings is 2. The molecule has 0 fully saturated rings. The Labute approximate surface area is 155 Å². The van der Waals surface area contributed by atoms with Gasteiger partial charge in [-0.05, 0) is 49.2 Å². The Kier molecular flexibility index (Phi) is 8.21. The van der Waals surface area contributed by atoms with Crippen LogP contribution in [0.25, 0.3) is 0 Å². The molecule has 0 heterocycles. The van der Waals surface area contributed by atoms with Crippen molar-refractivity contribution in [3.05, 3.63) is 65.7 Å². The predicted octanol–water partition coefficient (Wildman–Crippen LogP) is 2.87. The van der Waals surface area contributed by atoms with E-state index in [1.807, 2.05) is 37.3 Å². The summed E-state index contributed by atoms with van der Waals surface area (Å²) in [5.74, 6) is 0.104. The van der Waals surface area contributed by atoms with Gasteiger partial charge in [0.2, 0.25) is 0 Å². The molecule has 1 atom stereocenters. The molecule has 2 aromatic carbocycles. The molecule has 1 unspecified atom stereocenters. The molecule has 2 N–H and O–H groups in total. The van der Waals surface area contributed by atoms with E-state index in [1.165, 1.54) is 6.07 Å². The van der Waals surface area contributed by atoms with Gasteiger partial charge < -0.3 is 10.6 Å². The van der Waals surface area contributed by atoms with E-state index in [2.05, 4.69) is 15.6 Å². The summed E-state index contributed by atoms with van der Waals surface area (Å²) >= 11 is 0. The van der Waals surface area contributed by atoms with Crippen molar-refractivity contribution in [2.24, 2.45) is 4.99 Å². The summed E-state index contributed by atoms with van der Waals surface area (Å²) in [4.78, 5) is 5.16. The maximum absolute atomic E-state index is 13.6. The van der Waals surface area contributed by atoms with E-state index in [4.69, 9.17) is 0 Å². The lowest BCUT2D eigenvalue weighted by atomic mass is 10.1. The van der Waals surface area contributed by atoms with Gasteiger partial charge in [0.1, 0.15) is 11.6 Å². The summed E-state index contributed by atoms with van der Waals surface area (Å²) in [6, 6.07) is 12.7. The second kappa shape index (κ2) is 10.7. The van der Waals surface area contributed by atoms with Crippen LogP contribution in [0.5, 0.6) is 0 Å². The topological polar surface area (TPSA) is 53.5 Å². The summed E-state index contributed by atoms with van der Waals surface area (Å²) in [7, 11) is -1.10. The van der Waals surface area contributed by atoms with Gasteiger partial charge in [-0.2, -0.15) is 0 Å². The quantitative estimate of drug-likeness (QED) is 0.548. The van der Waals surface area contributed by atoms with Crippen molar-refractivity contribution in [3.8, 4) is 0 Å². The van der Waals surface area contributed by atoms with Crippen molar-refractivity contribution >= 4 is 16.8 Å². The molecule has 0 bridgehead atoms. The van der Waals surface area contributed by atoms with Gasteiger partial charge in [0.15, 0.2) is 5.96 Å². The molecular weight excluding hydrogens is 356 g/mol. The molecule has 4 nitrogen and oxygen atoms in total. The second-order valence-electron chi connectivity index (χ2n) is 5.54. The molecule has 0 aromatic heterocycles. The monoisotopic (exact) mass is 379 g/mol. The first-order valence-corrected chi connectivity index (χ1v) is 9.81. The number of rotatable bonds is 8. The number of guanidine groups is 1. The molecule has 0 aliphatic rings. The van der Waals surface area contributed by atoms with E-state index in [0.29, 0.717) is 43.3 Å². The van der Waals surface area contributed by atoms with Crippen LogP contribution in [0.15, 0.2) is 58.4 Å². The highest BCUT2D eigenvalue weighted by Crippen LogP contribution is 2.09. The summed E-state index contributed by atoms with van der Waals surface area (Å²) in [5.41, 5.74) is 0.318. The third-order valence-electron chi connectivity index (χ3n) is 3.59. The molecule has 0 amide bonds. The van der Waals surface area contributed by atoms with Crippen molar-refractivity contribution < 1.29 is 13.0 Å². The van der Waals surface area contributed by atoms with Crippen molar-refractivity contribution in [3.63, 3.8) is 0 Å². The zero-order chi connectivity index (χ0) is 18.8. The Bertz CT molecular complexity index is 754. The summed E-state index contributed by atoms with van der Waals surface area (Å²) in [6.45, 7) is 3.41. The second-order valence-corrected chi connectivity index (χ2v) is 7.11. The van der Waals surface area contributed by atoms with Gasteiger partial charge in [-0.15, -0.1) is 0 Å². The molecule has 0 radical (unpaired) electrons. The normalized spacial score (nSPS) is 12.7. The summed E-state index contributed by atoms with van der Waals surface area (Å²) in [6.07, 6.45) is 0.337. The molecule has 0 spiro atoms. The van der Waals surface area contributed by atoms with Crippen molar-refractivity contribution in [2.45, 2.75) is 18.2 Å². The zero-order valence-electron chi connectivity index (χ0n) is 14.7. The van der Waals surface area contributed by atoms with E-state index in [9.17, 15) is 13.0 Å². The lowest BCUT2D eigenvalue weighted by Gasteiger charge is -2.11. The number of nitrogens with one attached hydrogen (secondary N) is 2. The van der Waals surface area contributed by atoms with Crippen LogP contribution >= 0.6 is 0 Å². The number of hydrogen-bond acceptors (Lipinski definition) is 2. The highest BCUT2D eigenvalue weighted by molar-refractivity contribution is 7.85. The number of nitrogens with zero attached hydrogens (tertiary/aromatic N) is 1. The van der Waals surface area contributed by atoms with Gasteiger partial charge in [-0.25, -0.2) is 8.78 Å². The molecule has 0 aliphatic carbocycles. The van der Waals surface area contributed by atoms with Gasteiger partial charge in [0.25, 0.3) is 0 Å². The minimum absolute atomic E-state index is 0.318. The number of halogens is 2. The first-order chi connectivity index (χ1) is 12.6. The maximum Gasteiger partial charge on any atom is 0.191 e. The van der Waals surface area contributed by atoms with Gasteiger partial charge in [0.05, 0.1) is 17.3 Å². The molecule has 0 saturated heterocycles. The largest absolute Gasteiger partial charge is 0.357 e. The average molecular weight is 379 g/mol. The maximum atomic E-state index is 13.6. The Balaban J connectivity index is 1.84. The Morgan fingerprint density at radius 2 is 1.88 bits per heavy atom. The van der Waals surface area contributed by atoms with Crippen molar-refractivity contribution in [1.82, 2.24) is 10.6 Å². The summed E-state index contributed by atoms with van der Waals surface area (Å²) < 4.78 is 39.0. The van der Waals surface area contributed by atoms with E-state index < -0.39 is 22.4 Å². The molecule has 0 aliphatic heterocycles. The highest BCUT2D eigenvalue weighted by atomic mass is 32.2. The lowest BCUT2D eigenvalue weighted by Crippen LogP contribution is -2.38. The fraction of sp³-hybridized carbons (Fsp3) is 0.316. The first-order valence-electron chi connectivity index (χ1n) is 8.49. The number of hydrogen-bond donors (Lipinski definition) is 2. The molecule has 2 aromatic rings.